The number of aliphatic hydroxyl groups is 1. The van der Waals surface area contributed by atoms with Gasteiger partial charge in [-0.05, 0) is 12.8 Å². The summed E-state index contributed by atoms with van der Waals surface area (Å²) in [5, 5.41) is 10.4. The largest absolute Gasteiger partial charge is 0.422 e. The maximum Gasteiger partial charge on any atom is 0.422 e. The Labute approximate surface area is 178 Å². The molecule has 1 aromatic rings. The van der Waals surface area contributed by atoms with Gasteiger partial charge in [0.2, 0.25) is 0 Å². The lowest BCUT2D eigenvalue weighted by Crippen LogP contribution is -2.55. The standard InChI is InChI=1S/C20H27F3N6O2/c1-18(2,3)17-26-9-12(10-27-17)29-6-4-11(5-7-29)15(24)14-16(25)28-13(30)8-19(14,31)20(21,22)23/h9-11,31H,4-8,24H2,1-3H3,(H2,25,28,30). The fourth-order valence-electron chi connectivity index (χ4n) is 3.90. The van der Waals surface area contributed by atoms with Crippen molar-refractivity contribution in [2.45, 2.75) is 57.2 Å². The van der Waals surface area contributed by atoms with Crippen LogP contribution in [0.2, 0.25) is 0 Å². The number of halogens is 3. The van der Waals surface area contributed by atoms with E-state index in [1.807, 2.05) is 25.7 Å². The summed E-state index contributed by atoms with van der Waals surface area (Å²) in [6.45, 7) is 7.06. The predicted molar refractivity (Wildman–Crippen MR) is 109 cm³/mol. The summed E-state index contributed by atoms with van der Waals surface area (Å²) >= 11 is 0. The third-order valence-electron chi connectivity index (χ3n) is 5.69. The van der Waals surface area contributed by atoms with Gasteiger partial charge in [0.25, 0.3) is 5.91 Å². The quantitative estimate of drug-likeness (QED) is 0.639. The molecule has 1 aromatic heterocycles. The number of hydrogen-bond donors (Lipinski definition) is 3. The number of aromatic nitrogens is 2. The molecule has 5 N–H and O–H groups in total. The van der Waals surface area contributed by atoms with Crippen LogP contribution in [0.15, 0.2) is 28.7 Å². The molecular weight excluding hydrogens is 413 g/mol. The van der Waals surface area contributed by atoms with E-state index in [0.29, 0.717) is 31.8 Å². The molecular formula is C20H27F3N6O2. The second kappa shape index (κ2) is 7.77. The van der Waals surface area contributed by atoms with Crippen molar-refractivity contribution in [1.82, 2.24) is 9.97 Å². The van der Waals surface area contributed by atoms with E-state index >= 15 is 0 Å². The van der Waals surface area contributed by atoms with Gasteiger partial charge in [-0.1, -0.05) is 20.8 Å². The van der Waals surface area contributed by atoms with Gasteiger partial charge < -0.3 is 21.5 Å². The first-order valence-corrected chi connectivity index (χ1v) is 9.98. The summed E-state index contributed by atoms with van der Waals surface area (Å²) in [7, 11) is 0. The van der Waals surface area contributed by atoms with E-state index in [9.17, 15) is 23.1 Å². The summed E-state index contributed by atoms with van der Waals surface area (Å²) in [6.07, 6.45) is -2.01. The van der Waals surface area contributed by atoms with Gasteiger partial charge in [-0.2, -0.15) is 18.2 Å². The minimum atomic E-state index is -5.12. The van der Waals surface area contributed by atoms with Gasteiger partial charge >= 0.3 is 6.18 Å². The fraction of sp³-hybridized carbons (Fsp3) is 0.600. The topological polar surface area (TPSA) is 131 Å². The zero-order chi connectivity index (χ0) is 23.2. The molecule has 0 aromatic carbocycles. The second-order valence-corrected chi connectivity index (χ2v) is 9.03. The molecule has 1 atom stereocenters. The SMILES string of the molecule is CC(C)(C)c1ncc(N2CCC(C(N)=C3C(N)=NC(=O)CC3(O)C(F)(F)F)CC2)cn1. The van der Waals surface area contributed by atoms with Crippen molar-refractivity contribution >= 4 is 17.4 Å². The number of anilines is 1. The molecule has 3 heterocycles. The number of alkyl halides is 3. The first-order valence-electron chi connectivity index (χ1n) is 9.98. The molecule has 2 aliphatic heterocycles. The minimum Gasteiger partial charge on any atom is -0.401 e. The normalized spacial score (nSPS) is 25.5. The highest BCUT2D eigenvalue weighted by Crippen LogP contribution is 2.43. The predicted octanol–water partition coefficient (Wildman–Crippen LogP) is 1.78. The number of amidine groups is 1. The molecule has 1 unspecified atom stereocenters. The number of carbonyl (C=O) groups is 1. The van der Waals surface area contributed by atoms with Gasteiger partial charge in [-0.3, -0.25) is 4.79 Å². The van der Waals surface area contributed by atoms with E-state index < -0.39 is 41.4 Å². The van der Waals surface area contributed by atoms with Crippen molar-refractivity contribution in [2.24, 2.45) is 22.4 Å². The van der Waals surface area contributed by atoms with Crippen molar-refractivity contribution in [3.05, 3.63) is 29.5 Å². The van der Waals surface area contributed by atoms with Gasteiger partial charge in [-0.15, -0.1) is 0 Å². The van der Waals surface area contributed by atoms with Crippen LogP contribution in [0.5, 0.6) is 0 Å². The van der Waals surface area contributed by atoms with E-state index in [4.69, 9.17) is 11.5 Å². The molecule has 11 heteroatoms. The monoisotopic (exact) mass is 440 g/mol. The second-order valence-electron chi connectivity index (χ2n) is 9.03. The van der Waals surface area contributed by atoms with Crippen LogP contribution < -0.4 is 16.4 Å². The lowest BCUT2D eigenvalue weighted by Gasteiger charge is -2.38. The molecule has 0 saturated carbocycles. The van der Waals surface area contributed by atoms with E-state index in [0.717, 1.165) is 5.69 Å². The number of nitrogens with two attached hydrogens (primary N) is 2. The Morgan fingerprint density at radius 2 is 1.74 bits per heavy atom. The molecule has 0 spiro atoms. The third kappa shape index (κ3) is 4.36. The van der Waals surface area contributed by atoms with E-state index in [1.54, 1.807) is 12.4 Å². The van der Waals surface area contributed by atoms with Crippen molar-refractivity contribution < 1.29 is 23.1 Å². The number of carbonyl (C=O) groups excluding carboxylic acids is 1. The molecule has 1 fully saturated rings. The summed E-state index contributed by atoms with van der Waals surface area (Å²) < 4.78 is 40.9. The first kappa shape index (κ1) is 23.0. The van der Waals surface area contributed by atoms with Crippen molar-refractivity contribution in [3.63, 3.8) is 0 Å². The van der Waals surface area contributed by atoms with Crippen LogP contribution in [0.25, 0.3) is 0 Å². The van der Waals surface area contributed by atoms with Crippen LogP contribution in [0.3, 0.4) is 0 Å². The molecule has 0 radical (unpaired) electrons. The van der Waals surface area contributed by atoms with Gasteiger partial charge in [0.05, 0.1) is 30.1 Å². The summed E-state index contributed by atoms with van der Waals surface area (Å²) in [4.78, 5) is 25.8. The number of piperidine rings is 1. The molecule has 1 amide bonds. The zero-order valence-corrected chi connectivity index (χ0v) is 17.7. The fourth-order valence-corrected chi connectivity index (χ4v) is 3.90. The van der Waals surface area contributed by atoms with Crippen LogP contribution >= 0.6 is 0 Å². The average Bonchev–Trinajstić information content (AvgIpc) is 2.66. The van der Waals surface area contributed by atoms with Crippen LogP contribution in [0, 0.1) is 5.92 Å². The van der Waals surface area contributed by atoms with Crippen molar-refractivity contribution in [3.8, 4) is 0 Å². The molecule has 3 rings (SSSR count). The maximum absolute atomic E-state index is 13.6. The number of allylic oxidation sites excluding steroid dienone is 1. The molecule has 170 valence electrons. The number of amides is 1. The Morgan fingerprint density at radius 1 is 1.19 bits per heavy atom. The van der Waals surface area contributed by atoms with Gasteiger partial charge in [0.1, 0.15) is 11.7 Å². The molecule has 0 aliphatic carbocycles. The van der Waals surface area contributed by atoms with Gasteiger partial charge in [-0.25, -0.2) is 9.97 Å². The third-order valence-corrected chi connectivity index (χ3v) is 5.69. The Kier molecular flexibility index (Phi) is 5.76. The smallest absolute Gasteiger partial charge is 0.401 e. The number of nitrogens with zero attached hydrogens (tertiary/aromatic N) is 4. The van der Waals surface area contributed by atoms with Crippen molar-refractivity contribution in [2.75, 3.05) is 18.0 Å². The Hall–Kier alpha value is -2.69. The lowest BCUT2D eigenvalue weighted by atomic mass is 9.80. The van der Waals surface area contributed by atoms with Crippen molar-refractivity contribution in [1.29, 1.82) is 0 Å². The van der Waals surface area contributed by atoms with Crippen LogP contribution in [0.1, 0.15) is 45.9 Å². The average molecular weight is 440 g/mol. The highest BCUT2D eigenvalue weighted by atomic mass is 19.4. The van der Waals surface area contributed by atoms with Crippen LogP contribution in [-0.4, -0.2) is 51.7 Å². The van der Waals surface area contributed by atoms with Crippen LogP contribution in [0.4, 0.5) is 18.9 Å². The Bertz CT molecular complexity index is 912. The highest BCUT2D eigenvalue weighted by molar-refractivity contribution is 6.09. The Morgan fingerprint density at radius 3 is 2.23 bits per heavy atom. The van der Waals surface area contributed by atoms with E-state index in [2.05, 4.69) is 15.0 Å². The maximum atomic E-state index is 13.6. The Balaban J connectivity index is 1.81. The summed E-state index contributed by atoms with van der Waals surface area (Å²) in [5.41, 5.74) is 8.04. The lowest BCUT2D eigenvalue weighted by molar-refractivity contribution is -0.244. The number of aliphatic imine (C=N–C) groups is 1. The number of rotatable bonds is 2. The summed E-state index contributed by atoms with van der Waals surface area (Å²) in [6, 6.07) is 0. The molecule has 31 heavy (non-hydrogen) atoms. The van der Waals surface area contributed by atoms with E-state index in [1.165, 1.54) is 0 Å². The molecule has 0 bridgehead atoms. The molecule has 2 aliphatic rings. The molecule has 8 nitrogen and oxygen atoms in total. The van der Waals surface area contributed by atoms with Gasteiger partial charge in [0, 0.05) is 30.1 Å². The highest BCUT2D eigenvalue weighted by Gasteiger charge is 2.60. The first-order chi connectivity index (χ1) is 14.2. The minimum absolute atomic E-state index is 0.174. The number of hydrogen-bond acceptors (Lipinski definition) is 7. The summed E-state index contributed by atoms with van der Waals surface area (Å²) in [5.74, 6) is -1.55. The van der Waals surface area contributed by atoms with Gasteiger partial charge in [0.15, 0.2) is 5.60 Å². The zero-order valence-electron chi connectivity index (χ0n) is 17.7. The molecule has 1 saturated heterocycles. The van der Waals surface area contributed by atoms with Crippen LogP contribution in [-0.2, 0) is 10.2 Å². The van der Waals surface area contributed by atoms with E-state index in [-0.39, 0.29) is 11.1 Å².